The number of fused-ring (bicyclic) bond motifs is 9. The van der Waals surface area contributed by atoms with Crippen LogP contribution >= 0.6 is 32.1 Å². The zero-order valence-corrected chi connectivity index (χ0v) is 27.6. The Morgan fingerprint density at radius 2 is 1.64 bits per heavy atom. The van der Waals surface area contributed by atoms with Gasteiger partial charge in [-0.05, 0) is 74.3 Å². The summed E-state index contributed by atoms with van der Waals surface area (Å²) in [4.78, 5) is 15.5. The van der Waals surface area contributed by atoms with Crippen molar-refractivity contribution in [3.63, 3.8) is 0 Å². The van der Waals surface area contributed by atoms with Crippen LogP contribution in [0.2, 0.25) is 0 Å². The number of anilines is 2. The average Bonchev–Trinajstić information content (AvgIpc) is 3.10. The maximum atomic E-state index is 10.2. The summed E-state index contributed by atoms with van der Waals surface area (Å²) in [6.45, 7) is 0. The fourth-order valence-electron chi connectivity index (χ4n) is 7.50. The minimum absolute atomic E-state index is 0.473. The van der Waals surface area contributed by atoms with Gasteiger partial charge in [0.2, 0.25) is 0 Å². The van der Waals surface area contributed by atoms with Gasteiger partial charge in [-0.25, -0.2) is 9.97 Å². The first kappa shape index (κ1) is 27.0. The second-order valence-corrected chi connectivity index (χ2v) is 13.5. The lowest BCUT2D eigenvalue weighted by molar-refractivity contribution is 0.997. The van der Waals surface area contributed by atoms with Crippen LogP contribution in [0.3, 0.4) is 0 Å². The van der Waals surface area contributed by atoms with Gasteiger partial charge in [0.05, 0.1) is 72.8 Å². The molecule has 2 N–H and O–H groups in total. The van der Waals surface area contributed by atoms with Gasteiger partial charge in [0.15, 0.2) is 0 Å². The standard InChI is InChI=1S/C39H20Br2N6/c40-28-14-21-15-31-25(22-12-11-20-8-4-9-23(28)32(20)33(21)22)16-26-36-35(24-10-5-13-44-37(24)39(26)47(31)41)46-38-30(45-36)17-29(43)27(18-42)34(38)19-6-2-1-3-7-19/h1-17,29H,43H2. The molecule has 10 rings (SSSR count). The maximum absolute atomic E-state index is 10.2. The Bertz CT molecular complexity index is 2910. The molecule has 2 aromatic heterocycles. The molecular formula is C39H20Br2N6. The summed E-state index contributed by atoms with van der Waals surface area (Å²) in [6, 6.07) is 30.9. The SMILES string of the molecule is N#CC1=C(c2ccccc2)c2nc3c(nc2=CC1N)c1c(c2ncccc23)N(Br)c2cc3cc(Br)c4cccc5ccc(c2C=1)c3c54. The second-order valence-electron chi connectivity index (χ2n) is 12.0. The van der Waals surface area contributed by atoms with Crippen molar-refractivity contribution in [3.8, 4) is 6.07 Å². The van der Waals surface area contributed by atoms with E-state index in [1.165, 1.54) is 21.5 Å². The molecule has 1 atom stereocenters. The zero-order valence-electron chi connectivity index (χ0n) is 24.5. The van der Waals surface area contributed by atoms with Crippen LogP contribution in [0.5, 0.6) is 0 Å². The topological polar surface area (TPSA) is 91.7 Å². The monoisotopic (exact) mass is 730 g/mol. The fourth-order valence-corrected chi connectivity index (χ4v) is 8.73. The molecule has 6 aromatic carbocycles. The third-order valence-corrected chi connectivity index (χ3v) is 10.9. The van der Waals surface area contributed by atoms with Gasteiger partial charge in [0, 0.05) is 32.4 Å². The smallest absolute Gasteiger partial charge is 0.0996 e. The predicted molar refractivity (Wildman–Crippen MR) is 197 cm³/mol. The quantitative estimate of drug-likeness (QED) is 0.137. The van der Waals surface area contributed by atoms with E-state index in [1.54, 1.807) is 0 Å². The summed E-state index contributed by atoms with van der Waals surface area (Å²) in [5.41, 5.74) is 14.6. The van der Waals surface area contributed by atoms with Crippen LogP contribution < -0.4 is 20.2 Å². The first-order valence-corrected chi connectivity index (χ1v) is 16.7. The molecule has 220 valence electrons. The van der Waals surface area contributed by atoms with Gasteiger partial charge in [-0.2, -0.15) is 5.26 Å². The second kappa shape index (κ2) is 9.66. The molecule has 1 aliphatic heterocycles. The molecule has 8 aromatic rings. The Labute approximate surface area is 284 Å². The molecule has 0 spiro atoms. The van der Waals surface area contributed by atoms with Gasteiger partial charge in [-0.1, -0.05) is 76.6 Å². The molecule has 0 radical (unpaired) electrons. The number of halogens is 2. The van der Waals surface area contributed by atoms with Crippen molar-refractivity contribution in [3.05, 3.63) is 129 Å². The van der Waals surface area contributed by atoms with E-state index in [-0.39, 0.29) is 0 Å². The zero-order chi connectivity index (χ0) is 31.6. The lowest BCUT2D eigenvalue weighted by atomic mass is 9.88. The van der Waals surface area contributed by atoms with Crippen molar-refractivity contribution in [2.45, 2.75) is 6.04 Å². The lowest BCUT2D eigenvalue weighted by Gasteiger charge is -2.28. The van der Waals surface area contributed by atoms with Gasteiger partial charge < -0.3 is 5.73 Å². The minimum Gasteiger partial charge on any atom is -0.320 e. The summed E-state index contributed by atoms with van der Waals surface area (Å²) < 4.78 is 3.13. The minimum atomic E-state index is -0.604. The van der Waals surface area contributed by atoms with E-state index >= 15 is 0 Å². The predicted octanol–water partition coefficient (Wildman–Crippen LogP) is 7.87. The maximum Gasteiger partial charge on any atom is 0.0996 e. The van der Waals surface area contributed by atoms with Crippen LogP contribution in [0.15, 0.2) is 101 Å². The molecule has 2 aliphatic rings. The van der Waals surface area contributed by atoms with E-state index < -0.39 is 6.04 Å². The van der Waals surface area contributed by atoms with E-state index in [0.717, 1.165) is 64.9 Å². The summed E-state index contributed by atoms with van der Waals surface area (Å²) in [7, 11) is 0. The van der Waals surface area contributed by atoms with Crippen LogP contribution in [-0.4, -0.2) is 21.0 Å². The number of pyridine rings is 1. The van der Waals surface area contributed by atoms with Crippen molar-refractivity contribution >= 4 is 115 Å². The third-order valence-electron chi connectivity index (χ3n) is 9.51. The normalized spacial score (nSPS) is 15.5. The Hall–Kier alpha value is -5.20. The highest BCUT2D eigenvalue weighted by molar-refractivity contribution is 9.10. The average molecular weight is 732 g/mol. The van der Waals surface area contributed by atoms with Gasteiger partial charge in [0.25, 0.3) is 0 Å². The molecule has 1 unspecified atom stereocenters. The molecule has 3 heterocycles. The van der Waals surface area contributed by atoms with E-state index in [2.05, 4.69) is 90.6 Å². The highest BCUT2D eigenvalue weighted by atomic mass is 79.9. The number of nitriles is 1. The lowest BCUT2D eigenvalue weighted by Crippen LogP contribution is -2.33. The number of aromatic nitrogens is 3. The Balaban J connectivity index is 1.37. The molecule has 0 bridgehead atoms. The molecule has 47 heavy (non-hydrogen) atoms. The summed E-state index contributed by atoms with van der Waals surface area (Å²) >= 11 is 7.83. The van der Waals surface area contributed by atoms with Crippen molar-refractivity contribution in [1.29, 1.82) is 5.26 Å². The molecule has 1 aliphatic carbocycles. The van der Waals surface area contributed by atoms with Crippen LogP contribution in [0, 0.1) is 11.3 Å². The number of hydrogen-bond acceptors (Lipinski definition) is 6. The number of nitrogens with two attached hydrogens (primary N) is 1. The van der Waals surface area contributed by atoms with Crippen molar-refractivity contribution in [2.24, 2.45) is 5.73 Å². The molecule has 6 nitrogen and oxygen atoms in total. The highest BCUT2D eigenvalue weighted by Crippen LogP contribution is 2.47. The van der Waals surface area contributed by atoms with Crippen LogP contribution in [0.1, 0.15) is 16.8 Å². The van der Waals surface area contributed by atoms with E-state index in [4.69, 9.17) is 20.7 Å². The van der Waals surface area contributed by atoms with Crippen molar-refractivity contribution in [1.82, 2.24) is 15.0 Å². The van der Waals surface area contributed by atoms with Crippen molar-refractivity contribution < 1.29 is 0 Å². The number of hydrogen-bond donors (Lipinski definition) is 1. The van der Waals surface area contributed by atoms with Crippen LogP contribution in [-0.2, 0) is 0 Å². The summed E-state index contributed by atoms with van der Waals surface area (Å²) in [6.07, 6.45) is 5.89. The Morgan fingerprint density at radius 3 is 2.49 bits per heavy atom. The first-order valence-electron chi connectivity index (χ1n) is 15.2. The van der Waals surface area contributed by atoms with E-state index in [0.29, 0.717) is 22.2 Å². The molecule has 0 saturated heterocycles. The van der Waals surface area contributed by atoms with Crippen molar-refractivity contribution in [2.75, 3.05) is 3.93 Å². The van der Waals surface area contributed by atoms with E-state index in [9.17, 15) is 5.26 Å². The highest BCUT2D eigenvalue weighted by Gasteiger charge is 2.29. The van der Waals surface area contributed by atoms with Crippen LogP contribution in [0.4, 0.5) is 11.4 Å². The Morgan fingerprint density at radius 1 is 0.809 bits per heavy atom. The number of nitrogens with zero attached hydrogens (tertiary/aromatic N) is 5. The summed E-state index contributed by atoms with van der Waals surface area (Å²) in [5.74, 6) is 0. The molecule has 0 amide bonds. The van der Waals surface area contributed by atoms with Gasteiger partial charge in [-0.3, -0.25) is 8.91 Å². The number of rotatable bonds is 1. The molecule has 0 saturated carbocycles. The van der Waals surface area contributed by atoms with Gasteiger partial charge in [-0.15, -0.1) is 0 Å². The fraction of sp³-hybridized carbons (Fsp3) is 0.0256. The molecule has 0 fully saturated rings. The summed E-state index contributed by atoms with van der Waals surface area (Å²) in [5, 5.41) is 19.8. The Kier molecular flexibility index (Phi) is 5.54. The first-order chi connectivity index (χ1) is 23.0. The van der Waals surface area contributed by atoms with Gasteiger partial charge >= 0.3 is 0 Å². The molecular weight excluding hydrogens is 712 g/mol. The number of benzene rings is 6. The van der Waals surface area contributed by atoms with Gasteiger partial charge in [0.1, 0.15) is 0 Å². The third kappa shape index (κ3) is 3.59. The molecule has 8 heteroatoms. The largest absolute Gasteiger partial charge is 0.320 e. The van der Waals surface area contributed by atoms with E-state index in [1.807, 2.05) is 54.7 Å². The van der Waals surface area contributed by atoms with Crippen LogP contribution in [0.25, 0.3) is 72.0 Å².